The Morgan fingerprint density at radius 3 is 2.82 bits per heavy atom. The van der Waals surface area contributed by atoms with Crippen molar-refractivity contribution in [3.63, 3.8) is 0 Å². The zero-order valence-corrected chi connectivity index (χ0v) is 10.6. The Morgan fingerprint density at radius 1 is 1.24 bits per heavy atom. The van der Waals surface area contributed by atoms with Crippen LogP contribution in [0.4, 0.5) is 0 Å². The molecular formula is C14H21N3. The van der Waals surface area contributed by atoms with Crippen molar-refractivity contribution in [2.24, 2.45) is 0 Å². The van der Waals surface area contributed by atoms with Crippen molar-refractivity contribution in [1.29, 1.82) is 0 Å². The first-order chi connectivity index (χ1) is 8.36. The number of hydrogen-bond donors (Lipinski definition) is 3. The predicted octanol–water partition coefficient (Wildman–Crippen LogP) is 2.43. The van der Waals surface area contributed by atoms with Crippen LogP contribution >= 0.6 is 0 Å². The second-order valence-corrected chi connectivity index (χ2v) is 4.38. The van der Waals surface area contributed by atoms with E-state index in [0.717, 1.165) is 13.0 Å². The lowest BCUT2D eigenvalue weighted by atomic mass is 10.0. The molecule has 0 saturated heterocycles. The molecule has 1 unspecified atom stereocenters. The lowest BCUT2D eigenvalue weighted by molar-refractivity contribution is 0.521. The molecule has 3 N–H and O–H groups in total. The number of benzene rings is 1. The second-order valence-electron chi connectivity index (χ2n) is 4.38. The van der Waals surface area contributed by atoms with Crippen LogP contribution in [0.5, 0.6) is 0 Å². The highest BCUT2D eigenvalue weighted by atomic mass is 14.9. The second kappa shape index (κ2) is 5.84. The Kier molecular flexibility index (Phi) is 4.18. The third-order valence-electron chi connectivity index (χ3n) is 3.26. The van der Waals surface area contributed by atoms with Crippen molar-refractivity contribution < 1.29 is 0 Å². The Labute approximate surface area is 103 Å². The zero-order chi connectivity index (χ0) is 12.1. The lowest BCUT2D eigenvalue weighted by Gasteiger charge is -2.15. The van der Waals surface area contributed by atoms with E-state index in [0.29, 0.717) is 6.04 Å². The summed E-state index contributed by atoms with van der Waals surface area (Å²) in [4.78, 5) is 3.34. The number of nitrogens with one attached hydrogen (secondary N) is 3. The molecule has 3 nitrogen and oxygen atoms in total. The molecule has 0 saturated carbocycles. The Morgan fingerprint density at radius 2 is 2.06 bits per heavy atom. The first-order valence-corrected chi connectivity index (χ1v) is 6.24. The van der Waals surface area contributed by atoms with Crippen LogP contribution < -0.4 is 10.6 Å². The van der Waals surface area contributed by atoms with Gasteiger partial charge in [0, 0.05) is 23.1 Å². The Bertz CT molecular complexity index is 461. The van der Waals surface area contributed by atoms with Crippen LogP contribution in [0.2, 0.25) is 0 Å². The smallest absolute Gasteiger partial charge is 0.0457 e. The van der Waals surface area contributed by atoms with Gasteiger partial charge in [0.1, 0.15) is 0 Å². The monoisotopic (exact) mass is 231 g/mol. The quantitative estimate of drug-likeness (QED) is 0.668. The number of aromatic nitrogens is 1. The van der Waals surface area contributed by atoms with Gasteiger partial charge < -0.3 is 15.6 Å². The first kappa shape index (κ1) is 12.1. The SMILES string of the molecule is CNCCCC(NC)c1c[nH]c2ccccc12. The van der Waals surface area contributed by atoms with E-state index in [-0.39, 0.29) is 0 Å². The normalized spacial score (nSPS) is 13.1. The highest BCUT2D eigenvalue weighted by molar-refractivity contribution is 5.83. The van der Waals surface area contributed by atoms with Gasteiger partial charge in [0.05, 0.1) is 0 Å². The molecule has 0 spiro atoms. The standard InChI is InChI=1S/C14H21N3/c1-15-9-5-8-13(16-2)12-10-17-14-7-4-3-6-11(12)14/h3-4,6-7,10,13,15-17H,5,8-9H2,1-2H3. The first-order valence-electron chi connectivity index (χ1n) is 6.24. The van der Waals surface area contributed by atoms with Gasteiger partial charge in [0.15, 0.2) is 0 Å². The van der Waals surface area contributed by atoms with Crippen LogP contribution in [0.3, 0.4) is 0 Å². The number of aromatic amines is 1. The fraction of sp³-hybridized carbons (Fsp3) is 0.429. The van der Waals surface area contributed by atoms with Gasteiger partial charge in [-0.05, 0) is 45.1 Å². The number of rotatable bonds is 6. The van der Waals surface area contributed by atoms with Gasteiger partial charge in [0.25, 0.3) is 0 Å². The summed E-state index contributed by atoms with van der Waals surface area (Å²) in [5.74, 6) is 0. The maximum absolute atomic E-state index is 3.41. The van der Waals surface area contributed by atoms with Crippen molar-refractivity contribution >= 4 is 10.9 Å². The van der Waals surface area contributed by atoms with Crippen LogP contribution in [0.1, 0.15) is 24.4 Å². The molecule has 0 aliphatic carbocycles. The van der Waals surface area contributed by atoms with E-state index < -0.39 is 0 Å². The molecule has 0 aliphatic rings. The van der Waals surface area contributed by atoms with E-state index in [9.17, 15) is 0 Å². The molecule has 0 aliphatic heterocycles. The molecule has 0 amide bonds. The van der Waals surface area contributed by atoms with Gasteiger partial charge in [-0.25, -0.2) is 0 Å². The van der Waals surface area contributed by atoms with Crippen LogP contribution in [0.15, 0.2) is 30.5 Å². The Hall–Kier alpha value is -1.32. The Balaban J connectivity index is 2.18. The van der Waals surface area contributed by atoms with Gasteiger partial charge in [-0.15, -0.1) is 0 Å². The van der Waals surface area contributed by atoms with E-state index in [1.807, 2.05) is 14.1 Å². The molecule has 0 fully saturated rings. The molecule has 1 heterocycles. The third kappa shape index (κ3) is 2.68. The summed E-state index contributed by atoms with van der Waals surface area (Å²) in [6.07, 6.45) is 4.46. The van der Waals surface area contributed by atoms with Gasteiger partial charge in [-0.3, -0.25) is 0 Å². The minimum Gasteiger partial charge on any atom is -0.361 e. The molecule has 17 heavy (non-hydrogen) atoms. The van der Waals surface area contributed by atoms with Crippen molar-refractivity contribution in [3.8, 4) is 0 Å². The van der Waals surface area contributed by atoms with E-state index in [1.54, 1.807) is 0 Å². The summed E-state index contributed by atoms with van der Waals surface area (Å²) >= 11 is 0. The van der Waals surface area contributed by atoms with Crippen LogP contribution in [-0.2, 0) is 0 Å². The summed E-state index contributed by atoms with van der Waals surface area (Å²) < 4.78 is 0. The average molecular weight is 231 g/mol. The summed E-state index contributed by atoms with van der Waals surface area (Å²) in [6.45, 7) is 1.07. The van der Waals surface area contributed by atoms with Crippen molar-refractivity contribution in [3.05, 3.63) is 36.0 Å². The largest absolute Gasteiger partial charge is 0.361 e. The molecule has 2 rings (SSSR count). The van der Waals surface area contributed by atoms with Crippen LogP contribution in [0.25, 0.3) is 10.9 Å². The van der Waals surface area contributed by atoms with Crippen molar-refractivity contribution in [1.82, 2.24) is 15.6 Å². The van der Waals surface area contributed by atoms with Gasteiger partial charge in [-0.1, -0.05) is 18.2 Å². The molecule has 92 valence electrons. The molecule has 1 aromatic carbocycles. The number of H-pyrrole nitrogens is 1. The van der Waals surface area contributed by atoms with Gasteiger partial charge in [-0.2, -0.15) is 0 Å². The molecule has 1 atom stereocenters. The van der Waals surface area contributed by atoms with Crippen LogP contribution in [-0.4, -0.2) is 25.6 Å². The molecule has 1 aromatic heterocycles. The average Bonchev–Trinajstić information content (AvgIpc) is 2.79. The highest BCUT2D eigenvalue weighted by Crippen LogP contribution is 2.26. The van der Waals surface area contributed by atoms with E-state index in [4.69, 9.17) is 0 Å². The molecule has 3 heteroatoms. The topological polar surface area (TPSA) is 39.8 Å². The van der Waals surface area contributed by atoms with E-state index >= 15 is 0 Å². The van der Waals surface area contributed by atoms with Crippen molar-refractivity contribution in [2.45, 2.75) is 18.9 Å². The summed E-state index contributed by atoms with van der Waals surface area (Å²) in [7, 11) is 4.03. The summed E-state index contributed by atoms with van der Waals surface area (Å²) in [6, 6.07) is 8.90. The highest BCUT2D eigenvalue weighted by Gasteiger charge is 2.13. The third-order valence-corrected chi connectivity index (χ3v) is 3.26. The fourth-order valence-corrected chi connectivity index (χ4v) is 2.32. The summed E-state index contributed by atoms with van der Waals surface area (Å²) in [5.41, 5.74) is 2.59. The fourth-order valence-electron chi connectivity index (χ4n) is 2.32. The van der Waals surface area contributed by atoms with E-state index in [1.165, 1.54) is 22.9 Å². The number of fused-ring (bicyclic) bond motifs is 1. The van der Waals surface area contributed by atoms with Gasteiger partial charge >= 0.3 is 0 Å². The number of hydrogen-bond acceptors (Lipinski definition) is 2. The lowest BCUT2D eigenvalue weighted by Crippen LogP contribution is -2.18. The minimum atomic E-state index is 0.430. The maximum atomic E-state index is 3.41. The van der Waals surface area contributed by atoms with E-state index in [2.05, 4.69) is 46.1 Å². The predicted molar refractivity (Wildman–Crippen MR) is 73.3 cm³/mol. The molecule has 0 bridgehead atoms. The zero-order valence-electron chi connectivity index (χ0n) is 10.6. The summed E-state index contributed by atoms with van der Waals surface area (Å²) in [5, 5.41) is 7.93. The van der Waals surface area contributed by atoms with Gasteiger partial charge in [0.2, 0.25) is 0 Å². The van der Waals surface area contributed by atoms with Crippen LogP contribution in [0, 0.1) is 0 Å². The molecule has 0 radical (unpaired) electrons. The number of para-hydroxylation sites is 1. The van der Waals surface area contributed by atoms with Crippen molar-refractivity contribution in [2.75, 3.05) is 20.6 Å². The minimum absolute atomic E-state index is 0.430. The molecule has 2 aromatic rings. The maximum Gasteiger partial charge on any atom is 0.0457 e. The molecular weight excluding hydrogens is 210 g/mol.